The number of aryl methyl sites for hydroxylation is 1. The van der Waals surface area contributed by atoms with Gasteiger partial charge in [0.2, 0.25) is 0 Å². The first kappa shape index (κ1) is 13.4. The molecule has 0 bridgehead atoms. The number of carbonyl (C=O) groups is 1. The van der Waals surface area contributed by atoms with Crippen molar-refractivity contribution in [2.45, 2.75) is 24.2 Å². The van der Waals surface area contributed by atoms with E-state index in [2.05, 4.69) is 5.32 Å². The number of nitrogens with one attached hydrogen (secondary N) is 1. The van der Waals surface area contributed by atoms with Crippen molar-refractivity contribution in [2.75, 3.05) is 6.54 Å². The van der Waals surface area contributed by atoms with Crippen molar-refractivity contribution >= 4 is 25.6 Å². The number of amides is 1. The van der Waals surface area contributed by atoms with Crippen LogP contribution < -0.4 is 5.32 Å². The molecule has 1 aliphatic rings. The van der Waals surface area contributed by atoms with Gasteiger partial charge >= 0.3 is 0 Å². The van der Waals surface area contributed by atoms with Crippen LogP contribution in [-0.2, 0) is 16.1 Å². The van der Waals surface area contributed by atoms with E-state index in [0.29, 0.717) is 18.2 Å². The zero-order valence-corrected chi connectivity index (χ0v) is 11.6. The van der Waals surface area contributed by atoms with E-state index < -0.39 is 9.05 Å². The van der Waals surface area contributed by atoms with Crippen LogP contribution in [0.5, 0.6) is 0 Å². The monoisotopic (exact) mass is 290 g/mol. The second kappa shape index (κ2) is 4.93. The number of nitrogens with zero attached hydrogens (tertiary/aromatic N) is 1. The molecule has 100 valence electrons. The summed E-state index contributed by atoms with van der Waals surface area (Å²) in [5.41, 5.74) is 0.300. The predicted octanol–water partition coefficient (Wildman–Crippen LogP) is 1.48. The van der Waals surface area contributed by atoms with Gasteiger partial charge < -0.3 is 9.88 Å². The van der Waals surface area contributed by atoms with Gasteiger partial charge in [0, 0.05) is 30.5 Å². The summed E-state index contributed by atoms with van der Waals surface area (Å²) in [7, 11) is 3.06. The molecule has 1 amide bonds. The van der Waals surface area contributed by atoms with E-state index in [4.69, 9.17) is 10.7 Å². The Bertz CT molecular complexity index is 561. The Morgan fingerprint density at radius 1 is 1.56 bits per heavy atom. The molecule has 0 atom stereocenters. The van der Waals surface area contributed by atoms with Gasteiger partial charge in [-0.1, -0.05) is 6.42 Å². The average Bonchev–Trinajstić information content (AvgIpc) is 2.57. The van der Waals surface area contributed by atoms with Gasteiger partial charge in [0.05, 0.1) is 0 Å². The van der Waals surface area contributed by atoms with E-state index >= 15 is 0 Å². The maximum Gasteiger partial charge on any atom is 0.267 e. The second-order valence-electron chi connectivity index (χ2n) is 4.62. The van der Waals surface area contributed by atoms with Crippen molar-refractivity contribution in [1.29, 1.82) is 0 Å². The maximum absolute atomic E-state index is 11.9. The van der Waals surface area contributed by atoms with Gasteiger partial charge in [0.15, 0.2) is 0 Å². The zero-order chi connectivity index (χ0) is 13.3. The number of rotatable bonds is 4. The highest BCUT2D eigenvalue weighted by Crippen LogP contribution is 2.25. The van der Waals surface area contributed by atoms with E-state index in [9.17, 15) is 13.2 Å². The van der Waals surface area contributed by atoms with Gasteiger partial charge in [-0.3, -0.25) is 4.79 Å². The Hall–Kier alpha value is -1.01. The number of aromatic nitrogens is 1. The number of carbonyl (C=O) groups excluding carboxylic acids is 1. The first-order valence-electron chi connectivity index (χ1n) is 5.77. The third kappa shape index (κ3) is 2.87. The molecule has 2 rings (SSSR count). The Morgan fingerprint density at radius 2 is 2.22 bits per heavy atom. The van der Waals surface area contributed by atoms with Crippen LogP contribution in [0.2, 0.25) is 0 Å². The lowest BCUT2D eigenvalue weighted by molar-refractivity contribution is 0.0931. The summed E-state index contributed by atoms with van der Waals surface area (Å²) in [6, 6.07) is 1.29. The molecule has 1 aromatic heterocycles. The van der Waals surface area contributed by atoms with Crippen LogP contribution in [0.15, 0.2) is 17.2 Å². The van der Waals surface area contributed by atoms with Crippen molar-refractivity contribution < 1.29 is 13.2 Å². The average molecular weight is 291 g/mol. The van der Waals surface area contributed by atoms with Crippen LogP contribution >= 0.6 is 10.7 Å². The highest BCUT2D eigenvalue weighted by atomic mass is 35.7. The minimum Gasteiger partial charge on any atom is -0.350 e. The van der Waals surface area contributed by atoms with E-state index in [-0.39, 0.29) is 10.8 Å². The molecule has 7 heteroatoms. The van der Waals surface area contributed by atoms with Gasteiger partial charge in [-0.15, -0.1) is 0 Å². The molecule has 1 aromatic rings. The fraction of sp³-hybridized carbons (Fsp3) is 0.545. The first-order chi connectivity index (χ1) is 8.38. The number of hydrogen-bond donors (Lipinski definition) is 1. The molecule has 0 saturated heterocycles. The zero-order valence-electron chi connectivity index (χ0n) is 10.0. The summed E-state index contributed by atoms with van der Waals surface area (Å²) in [6.07, 6.45) is 4.85. The minimum absolute atomic E-state index is 0.0551. The summed E-state index contributed by atoms with van der Waals surface area (Å²) in [5, 5.41) is 2.81. The minimum atomic E-state index is -3.79. The molecular weight excluding hydrogens is 276 g/mol. The summed E-state index contributed by atoms with van der Waals surface area (Å²) in [4.78, 5) is 11.8. The van der Waals surface area contributed by atoms with Crippen LogP contribution in [0.25, 0.3) is 0 Å². The van der Waals surface area contributed by atoms with E-state index in [0.717, 1.165) is 12.8 Å². The van der Waals surface area contributed by atoms with Crippen molar-refractivity contribution in [2.24, 2.45) is 13.0 Å². The molecule has 0 aliphatic heterocycles. The molecule has 1 heterocycles. The standard InChI is InChI=1S/C11H15ClN2O3S/c1-14-7-9(18(12,16)17)5-10(14)11(15)13-6-8-3-2-4-8/h5,7-8H,2-4,6H2,1H3,(H,13,15). The third-order valence-corrected chi connectivity index (χ3v) is 4.59. The Morgan fingerprint density at radius 3 is 2.67 bits per heavy atom. The van der Waals surface area contributed by atoms with Crippen molar-refractivity contribution in [3.8, 4) is 0 Å². The molecule has 0 unspecified atom stereocenters. The molecular formula is C11H15ClN2O3S. The summed E-state index contributed by atoms with van der Waals surface area (Å²) >= 11 is 0. The van der Waals surface area contributed by atoms with Gasteiger partial charge in [0.1, 0.15) is 10.6 Å². The van der Waals surface area contributed by atoms with E-state index in [1.807, 2.05) is 0 Å². The second-order valence-corrected chi connectivity index (χ2v) is 7.18. The lowest BCUT2D eigenvalue weighted by Gasteiger charge is -2.25. The largest absolute Gasteiger partial charge is 0.350 e. The fourth-order valence-electron chi connectivity index (χ4n) is 1.92. The van der Waals surface area contributed by atoms with Crippen LogP contribution in [0, 0.1) is 5.92 Å². The molecule has 0 spiro atoms. The van der Waals surface area contributed by atoms with Crippen LogP contribution in [0.4, 0.5) is 0 Å². The number of hydrogen-bond acceptors (Lipinski definition) is 3. The normalized spacial score (nSPS) is 16.3. The number of halogens is 1. The molecule has 1 aliphatic carbocycles. The molecule has 18 heavy (non-hydrogen) atoms. The topological polar surface area (TPSA) is 68.2 Å². The Balaban J connectivity index is 2.07. The van der Waals surface area contributed by atoms with Crippen LogP contribution in [-0.4, -0.2) is 25.4 Å². The van der Waals surface area contributed by atoms with Gasteiger partial charge in [-0.05, 0) is 24.8 Å². The molecule has 0 aromatic carbocycles. The van der Waals surface area contributed by atoms with Gasteiger partial charge in [0.25, 0.3) is 15.0 Å². The summed E-state index contributed by atoms with van der Waals surface area (Å²) in [6.45, 7) is 0.646. The van der Waals surface area contributed by atoms with Crippen molar-refractivity contribution in [3.05, 3.63) is 18.0 Å². The van der Waals surface area contributed by atoms with Crippen LogP contribution in [0.1, 0.15) is 29.8 Å². The molecule has 1 fully saturated rings. The summed E-state index contributed by atoms with van der Waals surface area (Å²) < 4.78 is 23.8. The van der Waals surface area contributed by atoms with Crippen molar-refractivity contribution in [3.63, 3.8) is 0 Å². The lowest BCUT2D eigenvalue weighted by atomic mass is 9.85. The third-order valence-electron chi connectivity index (χ3n) is 3.27. The van der Waals surface area contributed by atoms with Gasteiger partial charge in [-0.2, -0.15) is 0 Å². The maximum atomic E-state index is 11.9. The SMILES string of the molecule is Cn1cc(S(=O)(=O)Cl)cc1C(=O)NCC1CCC1. The van der Waals surface area contributed by atoms with E-state index in [1.54, 1.807) is 7.05 Å². The smallest absolute Gasteiger partial charge is 0.267 e. The van der Waals surface area contributed by atoms with E-state index in [1.165, 1.54) is 23.3 Å². The molecule has 1 N–H and O–H groups in total. The van der Waals surface area contributed by atoms with Gasteiger partial charge in [-0.25, -0.2) is 8.42 Å². The highest BCUT2D eigenvalue weighted by Gasteiger charge is 2.21. The Kier molecular flexibility index (Phi) is 3.68. The molecule has 1 saturated carbocycles. The van der Waals surface area contributed by atoms with Crippen LogP contribution in [0.3, 0.4) is 0 Å². The lowest BCUT2D eigenvalue weighted by Crippen LogP contribution is -2.33. The summed E-state index contributed by atoms with van der Waals surface area (Å²) in [5.74, 6) is 0.293. The molecule has 0 radical (unpaired) electrons. The first-order valence-corrected chi connectivity index (χ1v) is 8.08. The molecule has 5 nitrogen and oxygen atoms in total. The highest BCUT2D eigenvalue weighted by molar-refractivity contribution is 8.13. The Labute approximate surface area is 111 Å². The van der Waals surface area contributed by atoms with Crippen molar-refractivity contribution in [1.82, 2.24) is 9.88 Å². The fourth-order valence-corrected chi connectivity index (χ4v) is 2.71. The quantitative estimate of drug-likeness (QED) is 0.854. The predicted molar refractivity (Wildman–Crippen MR) is 68.1 cm³/mol.